The minimum Gasteiger partial charge on any atom is -0.457 e. The third kappa shape index (κ3) is 4.10. The molecule has 0 saturated heterocycles. The Kier molecular flexibility index (Phi) is 5.73. The van der Waals surface area contributed by atoms with Crippen molar-refractivity contribution < 1.29 is 35.1 Å². The van der Waals surface area contributed by atoms with Crippen LogP contribution in [-0.4, -0.2) is 68.0 Å². The topological polar surface area (TPSA) is 139 Å². The summed E-state index contributed by atoms with van der Waals surface area (Å²) in [7, 11) is 0. The first-order valence-corrected chi connectivity index (χ1v) is 8.42. The van der Waals surface area contributed by atoms with Gasteiger partial charge in [-0.1, -0.05) is 24.3 Å². The van der Waals surface area contributed by atoms with Gasteiger partial charge in [-0.05, 0) is 30.3 Å². The average Bonchev–Trinajstić information content (AvgIpc) is 2.69. The van der Waals surface area contributed by atoms with E-state index in [9.17, 15) is 30.3 Å². The van der Waals surface area contributed by atoms with E-state index in [0.717, 1.165) is 0 Å². The number of nitrogens with one attached hydrogen (secondary N) is 1. The fraction of sp³-hybridized carbons (Fsp3) is 0.316. The SMILES string of the molecule is O=C(NC1[C@H](O)[C@H](O)C(O)[C@H](O)[C@H]1O)c1cccc(Oc2ccccc2)c1. The van der Waals surface area contributed by atoms with Crippen LogP contribution in [0.1, 0.15) is 10.4 Å². The van der Waals surface area contributed by atoms with E-state index in [0.29, 0.717) is 11.5 Å². The smallest absolute Gasteiger partial charge is 0.251 e. The van der Waals surface area contributed by atoms with Crippen molar-refractivity contribution in [2.24, 2.45) is 0 Å². The van der Waals surface area contributed by atoms with Crippen molar-refractivity contribution in [1.82, 2.24) is 5.32 Å². The highest BCUT2D eigenvalue weighted by molar-refractivity contribution is 5.94. The molecule has 8 nitrogen and oxygen atoms in total. The predicted octanol–water partition coefficient (Wildman–Crippen LogP) is -0.605. The van der Waals surface area contributed by atoms with E-state index in [1.54, 1.807) is 24.3 Å². The molecule has 6 N–H and O–H groups in total. The molecule has 0 spiro atoms. The summed E-state index contributed by atoms with van der Waals surface area (Å²) >= 11 is 0. The van der Waals surface area contributed by atoms with Crippen LogP contribution in [0.25, 0.3) is 0 Å². The van der Waals surface area contributed by atoms with Gasteiger partial charge in [-0.25, -0.2) is 0 Å². The van der Waals surface area contributed by atoms with Crippen LogP contribution in [0.4, 0.5) is 0 Å². The van der Waals surface area contributed by atoms with Crippen LogP contribution in [0.15, 0.2) is 54.6 Å². The third-order valence-electron chi connectivity index (χ3n) is 4.51. The van der Waals surface area contributed by atoms with Crippen molar-refractivity contribution in [2.75, 3.05) is 0 Å². The van der Waals surface area contributed by atoms with Gasteiger partial charge >= 0.3 is 0 Å². The highest BCUT2D eigenvalue weighted by Crippen LogP contribution is 2.24. The van der Waals surface area contributed by atoms with Gasteiger partial charge in [-0.15, -0.1) is 0 Å². The van der Waals surface area contributed by atoms with Crippen molar-refractivity contribution in [3.8, 4) is 11.5 Å². The van der Waals surface area contributed by atoms with Gasteiger partial charge in [0.1, 0.15) is 42.0 Å². The van der Waals surface area contributed by atoms with E-state index >= 15 is 0 Å². The lowest BCUT2D eigenvalue weighted by Crippen LogP contribution is -2.68. The molecule has 0 heterocycles. The molecule has 0 bridgehead atoms. The van der Waals surface area contributed by atoms with Crippen LogP contribution in [0.5, 0.6) is 11.5 Å². The second-order valence-electron chi connectivity index (χ2n) is 6.40. The molecule has 8 heteroatoms. The molecule has 1 aliphatic carbocycles. The minimum atomic E-state index is -1.72. The number of aliphatic hydroxyl groups excluding tert-OH is 5. The van der Waals surface area contributed by atoms with Gasteiger partial charge < -0.3 is 35.6 Å². The molecule has 27 heavy (non-hydrogen) atoms. The van der Waals surface area contributed by atoms with E-state index in [2.05, 4.69) is 5.32 Å². The Labute approximate surface area is 155 Å². The summed E-state index contributed by atoms with van der Waals surface area (Å²) in [6.45, 7) is 0. The maximum atomic E-state index is 12.5. The van der Waals surface area contributed by atoms with Crippen molar-refractivity contribution in [1.29, 1.82) is 0 Å². The van der Waals surface area contributed by atoms with E-state index < -0.39 is 42.5 Å². The standard InChI is InChI=1S/C19H21NO7/c21-14-13(15(22)17(24)18(25)16(14)23)20-19(26)10-5-4-8-12(9-10)27-11-6-2-1-3-7-11/h1-9,13-18,21-25H,(H,20,26)/t13?,14-,15-,16-,17+,18?/m0/s1. The molecule has 1 aliphatic rings. The number of hydrogen-bond donors (Lipinski definition) is 6. The normalized spacial score (nSPS) is 30.6. The van der Waals surface area contributed by atoms with Crippen molar-refractivity contribution in [3.05, 3.63) is 60.2 Å². The average molecular weight is 375 g/mol. The summed E-state index contributed by atoms with van der Waals surface area (Å²) < 4.78 is 5.66. The van der Waals surface area contributed by atoms with Crippen molar-refractivity contribution >= 4 is 5.91 Å². The van der Waals surface area contributed by atoms with Gasteiger partial charge in [-0.3, -0.25) is 4.79 Å². The third-order valence-corrected chi connectivity index (χ3v) is 4.51. The molecule has 3 rings (SSSR count). The van der Waals surface area contributed by atoms with E-state index in [-0.39, 0.29) is 5.56 Å². The lowest BCUT2D eigenvalue weighted by molar-refractivity contribution is -0.188. The molecule has 2 aromatic rings. The molecule has 1 saturated carbocycles. The zero-order valence-electron chi connectivity index (χ0n) is 14.2. The van der Waals surface area contributed by atoms with Crippen molar-refractivity contribution in [3.63, 3.8) is 0 Å². The van der Waals surface area contributed by atoms with Crippen LogP contribution in [-0.2, 0) is 0 Å². The van der Waals surface area contributed by atoms with Gasteiger partial charge in [0, 0.05) is 5.56 Å². The number of para-hydroxylation sites is 1. The van der Waals surface area contributed by atoms with Crippen LogP contribution >= 0.6 is 0 Å². The summed E-state index contributed by atoms with van der Waals surface area (Å²) in [5.74, 6) is 0.356. The molecule has 1 fully saturated rings. The van der Waals surface area contributed by atoms with Crippen LogP contribution in [0.2, 0.25) is 0 Å². The lowest BCUT2D eigenvalue weighted by atomic mass is 9.83. The van der Waals surface area contributed by atoms with E-state index in [1.165, 1.54) is 12.1 Å². The molecule has 144 valence electrons. The number of aliphatic hydroxyl groups is 5. The molecule has 0 aliphatic heterocycles. The summed E-state index contributed by atoms with van der Waals surface area (Å²) in [5, 5.41) is 51.5. The van der Waals surface area contributed by atoms with Gasteiger partial charge in [0.05, 0.1) is 6.04 Å². The molecule has 2 aromatic carbocycles. The number of rotatable bonds is 4. The lowest BCUT2D eigenvalue weighted by Gasteiger charge is -2.42. The largest absolute Gasteiger partial charge is 0.457 e. The molecular formula is C19H21NO7. The highest BCUT2D eigenvalue weighted by Gasteiger charge is 2.48. The summed E-state index contributed by atoms with van der Waals surface area (Å²) in [6, 6.07) is 13.9. The van der Waals surface area contributed by atoms with Gasteiger partial charge in [0.2, 0.25) is 0 Å². The maximum Gasteiger partial charge on any atom is 0.251 e. The van der Waals surface area contributed by atoms with Gasteiger partial charge in [0.25, 0.3) is 5.91 Å². The Morgan fingerprint density at radius 1 is 0.741 bits per heavy atom. The number of carbonyl (C=O) groups excluding carboxylic acids is 1. The summed E-state index contributed by atoms with van der Waals surface area (Å²) in [6.07, 6.45) is -8.43. The van der Waals surface area contributed by atoms with E-state index in [1.807, 2.05) is 18.2 Å². The first-order valence-electron chi connectivity index (χ1n) is 8.42. The molecule has 2 unspecified atom stereocenters. The number of hydrogen-bond acceptors (Lipinski definition) is 7. The highest BCUT2D eigenvalue weighted by atomic mass is 16.5. The number of carbonyl (C=O) groups is 1. The Hall–Kier alpha value is -2.49. The molecule has 6 atom stereocenters. The van der Waals surface area contributed by atoms with Crippen LogP contribution in [0, 0.1) is 0 Å². The van der Waals surface area contributed by atoms with Gasteiger partial charge in [0.15, 0.2) is 0 Å². The molecule has 1 amide bonds. The quantitative estimate of drug-likeness (QED) is 0.419. The fourth-order valence-electron chi connectivity index (χ4n) is 2.96. The number of benzene rings is 2. The fourth-order valence-corrected chi connectivity index (χ4v) is 2.96. The number of amides is 1. The Morgan fingerprint density at radius 2 is 1.30 bits per heavy atom. The second kappa shape index (κ2) is 8.03. The molecular weight excluding hydrogens is 354 g/mol. The Balaban J connectivity index is 1.73. The Morgan fingerprint density at radius 3 is 1.93 bits per heavy atom. The zero-order valence-corrected chi connectivity index (χ0v) is 14.2. The summed E-state index contributed by atoms with van der Waals surface area (Å²) in [5.41, 5.74) is 0.193. The first-order chi connectivity index (χ1) is 12.9. The van der Waals surface area contributed by atoms with E-state index in [4.69, 9.17) is 4.74 Å². The number of ether oxygens (including phenoxy) is 1. The predicted molar refractivity (Wildman–Crippen MR) is 94.2 cm³/mol. The first kappa shape index (κ1) is 19.3. The van der Waals surface area contributed by atoms with Gasteiger partial charge in [-0.2, -0.15) is 0 Å². The van der Waals surface area contributed by atoms with Crippen LogP contribution in [0.3, 0.4) is 0 Å². The second-order valence-corrected chi connectivity index (χ2v) is 6.40. The minimum absolute atomic E-state index is 0.193. The maximum absolute atomic E-state index is 12.5. The summed E-state index contributed by atoms with van der Waals surface area (Å²) in [4.78, 5) is 12.5. The van der Waals surface area contributed by atoms with Crippen molar-refractivity contribution in [2.45, 2.75) is 36.6 Å². The van der Waals surface area contributed by atoms with Crippen LogP contribution < -0.4 is 10.1 Å². The zero-order chi connectivity index (χ0) is 19.6. The monoisotopic (exact) mass is 375 g/mol. The molecule has 0 aromatic heterocycles. The Bertz CT molecular complexity index is 769. The molecule has 0 radical (unpaired) electrons.